The van der Waals surface area contributed by atoms with Gasteiger partial charge in [0.2, 0.25) is 0 Å². The van der Waals surface area contributed by atoms with Crippen molar-refractivity contribution in [3.05, 3.63) is 0 Å². The summed E-state index contributed by atoms with van der Waals surface area (Å²) < 4.78 is 0. The minimum Gasteiger partial charge on any atom is 0 e. The Morgan fingerprint density at radius 2 is 0.500 bits per heavy atom. The van der Waals surface area contributed by atoms with E-state index in [9.17, 15) is 0 Å². The topological polar surface area (TPSA) is 0 Å². The molecule has 0 aliphatic heterocycles. The van der Waals surface area contributed by atoms with Crippen LogP contribution in [0.1, 0.15) is 0 Å². The van der Waals surface area contributed by atoms with E-state index in [1.54, 1.807) is 0 Å². The summed E-state index contributed by atoms with van der Waals surface area (Å²) in [6.45, 7) is 0. The van der Waals surface area contributed by atoms with Crippen molar-refractivity contribution in [2.45, 2.75) is 0 Å². The first-order chi connectivity index (χ1) is 0. The average molecular weight is 248 g/mol. The molecule has 0 saturated heterocycles. The van der Waals surface area contributed by atoms with E-state index in [0.29, 0.717) is 0 Å². The zero-order chi connectivity index (χ0) is 0. The van der Waals surface area contributed by atoms with Crippen molar-refractivity contribution in [2.75, 3.05) is 0 Å². The Labute approximate surface area is 87.7 Å². The van der Waals surface area contributed by atoms with Crippen molar-refractivity contribution in [1.29, 1.82) is 0 Å². The van der Waals surface area contributed by atoms with E-state index in [-0.39, 0.29) is 89.4 Å². The fourth-order valence-electron chi connectivity index (χ4n) is 0. The van der Waals surface area contributed by atoms with Gasteiger partial charge in [0.05, 0.1) is 0 Å². The molecule has 0 aliphatic rings. The molecule has 0 aliphatic carbocycles. The van der Waals surface area contributed by atoms with Crippen molar-refractivity contribution in [1.82, 2.24) is 0 Å². The van der Waals surface area contributed by atoms with E-state index in [0.717, 1.165) is 0 Å². The first-order valence-electron chi connectivity index (χ1n) is 0. The fourth-order valence-corrected chi connectivity index (χ4v) is 0. The van der Waals surface area contributed by atoms with Gasteiger partial charge in [0, 0.05) is 89.4 Å². The van der Waals surface area contributed by atoms with Crippen molar-refractivity contribution in [3.8, 4) is 0 Å². The van der Waals surface area contributed by atoms with Gasteiger partial charge in [-0.25, -0.2) is 0 Å². The van der Waals surface area contributed by atoms with Crippen LogP contribution in [0, 0.1) is 37.3 Å². The van der Waals surface area contributed by atoms with Crippen LogP contribution in [0.4, 0.5) is 0 Å². The van der Waals surface area contributed by atoms with E-state index in [1.807, 2.05) is 0 Å². The molecule has 0 heterocycles. The van der Waals surface area contributed by atoms with Gasteiger partial charge in [0.15, 0.2) is 0 Å². The van der Waals surface area contributed by atoms with E-state index >= 15 is 0 Å². The van der Waals surface area contributed by atoms with Crippen molar-refractivity contribution in [3.63, 3.8) is 0 Å². The van der Waals surface area contributed by atoms with Gasteiger partial charge in [0.25, 0.3) is 0 Å². The predicted octanol–water partition coefficient (Wildman–Crippen LogP) is -1.14. The smallest absolute Gasteiger partial charge is 0 e. The standard InChI is InChI=1S/3Al.Er. The monoisotopic (exact) mass is 247 g/mol. The van der Waals surface area contributed by atoms with Crippen molar-refractivity contribution in [2.24, 2.45) is 0 Å². The molecule has 0 nitrogen and oxygen atoms in total. The van der Waals surface area contributed by atoms with Crippen LogP contribution in [0.5, 0.6) is 0 Å². The summed E-state index contributed by atoms with van der Waals surface area (Å²) in [4.78, 5) is 0. The first-order valence-corrected chi connectivity index (χ1v) is 0. The van der Waals surface area contributed by atoms with Crippen molar-refractivity contribution >= 4 is 52.1 Å². The molecule has 0 saturated carbocycles. The van der Waals surface area contributed by atoms with Crippen LogP contribution in [0.25, 0.3) is 0 Å². The van der Waals surface area contributed by atoms with Gasteiger partial charge in [0.1, 0.15) is 0 Å². The van der Waals surface area contributed by atoms with Crippen LogP contribution in [-0.4, -0.2) is 52.1 Å². The number of hydrogen-bond donors (Lipinski definition) is 0. The minimum atomic E-state index is 0. The minimum absolute atomic E-state index is 0. The van der Waals surface area contributed by atoms with Gasteiger partial charge in [-0.3, -0.25) is 0 Å². The third-order valence-electron chi connectivity index (χ3n) is 0. The first kappa shape index (κ1) is 28.9. The molecule has 9 radical (unpaired) electrons. The fraction of sp³-hybridized carbons (Fsp3) is 0. The Morgan fingerprint density at radius 1 is 0.500 bits per heavy atom. The summed E-state index contributed by atoms with van der Waals surface area (Å²) in [5.74, 6) is 0. The summed E-state index contributed by atoms with van der Waals surface area (Å²) >= 11 is 0. The molecule has 21 valence electrons. The molecule has 0 fully saturated rings. The largest absolute Gasteiger partial charge is 0 e. The normalized spacial score (nSPS) is 0. The molecular formula is Al3Er. The van der Waals surface area contributed by atoms with Crippen LogP contribution < -0.4 is 0 Å². The van der Waals surface area contributed by atoms with E-state index in [4.69, 9.17) is 0 Å². The Hall–Kier alpha value is 2.84. The van der Waals surface area contributed by atoms with Gasteiger partial charge in [-0.05, 0) is 0 Å². The third kappa shape index (κ3) is 8.85. The maximum atomic E-state index is 0. The molecule has 0 amide bonds. The maximum absolute atomic E-state index is 0. The van der Waals surface area contributed by atoms with Crippen molar-refractivity contribution < 1.29 is 37.3 Å². The van der Waals surface area contributed by atoms with Gasteiger partial charge >= 0.3 is 0 Å². The summed E-state index contributed by atoms with van der Waals surface area (Å²) in [7, 11) is 0. The second-order valence-electron chi connectivity index (χ2n) is 0. The number of rotatable bonds is 0. The Morgan fingerprint density at radius 3 is 0.500 bits per heavy atom. The quantitative estimate of drug-likeness (QED) is 0.475. The van der Waals surface area contributed by atoms with Crippen LogP contribution in [0.3, 0.4) is 0 Å². The Bertz CT molecular complexity index is 3.25. The summed E-state index contributed by atoms with van der Waals surface area (Å²) in [6, 6.07) is 0. The Kier molecular flexibility index (Phi) is 122. The van der Waals surface area contributed by atoms with Crippen LogP contribution in [0.2, 0.25) is 0 Å². The zero-order valence-corrected chi connectivity index (χ0v) is 7.34. The molecule has 0 N–H and O–H groups in total. The van der Waals surface area contributed by atoms with Gasteiger partial charge in [-0.15, -0.1) is 0 Å². The molecule has 0 spiro atoms. The van der Waals surface area contributed by atoms with Gasteiger partial charge in [-0.2, -0.15) is 0 Å². The van der Waals surface area contributed by atoms with E-state index in [2.05, 4.69) is 0 Å². The summed E-state index contributed by atoms with van der Waals surface area (Å²) in [5.41, 5.74) is 0. The summed E-state index contributed by atoms with van der Waals surface area (Å²) in [6.07, 6.45) is 0. The number of hydrogen-bond acceptors (Lipinski definition) is 0. The molecule has 0 aromatic rings. The second-order valence-corrected chi connectivity index (χ2v) is 0. The molecule has 0 atom stereocenters. The van der Waals surface area contributed by atoms with Gasteiger partial charge < -0.3 is 0 Å². The van der Waals surface area contributed by atoms with E-state index < -0.39 is 0 Å². The molecule has 0 unspecified atom stereocenters. The van der Waals surface area contributed by atoms with Crippen LogP contribution >= 0.6 is 0 Å². The Balaban J connectivity index is 0. The third-order valence-corrected chi connectivity index (χ3v) is 0. The maximum Gasteiger partial charge on any atom is 0 e. The second kappa shape index (κ2) is 17.0. The van der Waals surface area contributed by atoms with Crippen LogP contribution in [0.15, 0.2) is 0 Å². The average Bonchev–Trinajstić information content (AvgIpc) is 0. The SMILES string of the molecule is [Al].[Al].[Al].[Er]. The summed E-state index contributed by atoms with van der Waals surface area (Å²) in [5, 5.41) is 0. The predicted molar refractivity (Wildman–Crippen MR) is 17.3 cm³/mol. The van der Waals surface area contributed by atoms with Gasteiger partial charge in [-0.1, -0.05) is 0 Å². The molecule has 4 heavy (non-hydrogen) atoms. The van der Waals surface area contributed by atoms with E-state index in [1.165, 1.54) is 0 Å². The molecule has 0 aromatic carbocycles. The molecule has 0 bridgehead atoms. The molecule has 0 rings (SSSR count). The zero-order valence-electron chi connectivity index (χ0n) is 2.02. The molecular weight excluding hydrogens is 248 g/mol. The molecule has 4 heteroatoms. The van der Waals surface area contributed by atoms with Crippen LogP contribution in [-0.2, 0) is 0 Å². The molecule has 0 aromatic heterocycles.